The van der Waals surface area contributed by atoms with Gasteiger partial charge in [0.05, 0.1) is 24.9 Å². The van der Waals surface area contributed by atoms with Crippen LogP contribution in [-0.2, 0) is 18.9 Å². The number of ether oxygens (including phenoxy) is 4. The lowest BCUT2D eigenvalue weighted by Gasteiger charge is -2.47. The summed E-state index contributed by atoms with van der Waals surface area (Å²) < 4.78 is 23.4. The Kier molecular flexibility index (Phi) is 8.53. The molecule has 0 amide bonds. The number of aliphatic hydroxyl groups is 3. The van der Waals surface area contributed by atoms with E-state index in [1.807, 2.05) is 37.3 Å². The Hall–Kier alpha value is -1.44. The average molecular weight is 457 g/mol. The Balaban J connectivity index is 1.87. The van der Waals surface area contributed by atoms with Crippen molar-refractivity contribution < 1.29 is 34.3 Å². The fourth-order valence-corrected chi connectivity index (χ4v) is 4.99. The third kappa shape index (κ3) is 5.32. The van der Waals surface area contributed by atoms with Crippen LogP contribution in [0, 0.1) is 0 Å². The number of thioether (sulfide) groups is 1. The van der Waals surface area contributed by atoms with E-state index < -0.39 is 60.9 Å². The number of aliphatic hydroxyl groups excluding tert-OH is 3. The highest BCUT2D eigenvalue weighted by Gasteiger charge is 2.50. The van der Waals surface area contributed by atoms with E-state index in [1.165, 1.54) is 18.9 Å². The zero-order chi connectivity index (χ0) is 22.5. The van der Waals surface area contributed by atoms with Crippen molar-refractivity contribution in [3.05, 3.63) is 40.8 Å². The molecule has 172 valence electrons. The molecule has 2 aliphatic rings. The van der Waals surface area contributed by atoms with E-state index in [4.69, 9.17) is 30.2 Å². The molecule has 0 radical (unpaired) electrons. The van der Waals surface area contributed by atoms with Gasteiger partial charge in [0.15, 0.2) is 6.29 Å². The van der Waals surface area contributed by atoms with E-state index in [-0.39, 0.29) is 6.10 Å². The number of azide groups is 1. The minimum Gasteiger partial charge on any atom is -0.394 e. The van der Waals surface area contributed by atoms with Crippen molar-refractivity contribution in [3.8, 4) is 0 Å². The van der Waals surface area contributed by atoms with Crippen LogP contribution >= 0.6 is 11.8 Å². The average Bonchev–Trinajstić information content (AvgIpc) is 2.76. The molecule has 1 aromatic rings. The van der Waals surface area contributed by atoms with Crippen LogP contribution in [0.2, 0.25) is 0 Å². The second kappa shape index (κ2) is 10.9. The Labute approximate surface area is 184 Å². The molecule has 0 aromatic heterocycles. The summed E-state index contributed by atoms with van der Waals surface area (Å²) in [4.78, 5) is 3.65. The first-order valence-electron chi connectivity index (χ1n) is 9.89. The van der Waals surface area contributed by atoms with Gasteiger partial charge in [0.1, 0.15) is 35.9 Å². The molecule has 10 atom stereocenters. The van der Waals surface area contributed by atoms with E-state index in [0.29, 0.717) is 0 Å². The molecule has 11 nitrogen and oxygen atoms in total. The molecule has 0 aliphatic carbocycles. The molecular weight excluding hydrogens is 428 g/mol. The highest BCUT2D eigenvalue weighted by atomic mass is 32.2. The van der Waals surface area contributed by atoms with Crippen LogP contribution in [0.3, 0.4) is 0 Å². The molecule has 3 rings (SSSR count). The molecule has 2 aliphatic heterocycles. The van der Waals surface area contributed by atoms with E-state index in [1.54, 1.807) is 0 Å². The van der Waals surface area contributed by atoms with Crippen LogP contribution in [-0.4, -0.2) is 89.5 Å². The largest absolute Gasteiger partial charge is 0.394 e. The van der Waals surface area contributed by atoms with Crippen molar-refractivity contribution in [2.24, 2.45) is 10.8 Å². The number of nitrogens with zero attached hydrogens (tertiary/aromatic N) is 3. The zero-order valence-corrected chi connectivity index (χ0v) is 18.0. The van der Waals surface area contributed by atoms with Crippen molar-refractivity contribution in [1.82, 2.24) is 0 Å². The summed E-state index contributed by atoms with van der Waals surface area (Å²) in [5.41, 5.74) is 14.8. The summed E-state index contributed by atoms with van der Waals surface area (Å²) in [5, 5.41) is 33.6. The van der Waals surface area contributed by atoms with E-state index in [0.717, 1.165) is 4.90 Å². The first kappa shape index (κ1) is 24.2. The molecular formula is C19H28N4O7S. The summed E-state index contributed by atoms with van der Waals surface area (Å²) in [6.07, 6.45) is -6.92. The monoisotopic (exact) mass is 456 g/mol. The maximum absolute atomic E-state index is 10.4. The smallest absolute Gasteiger partial charge is 0.169 e. The van der Waals surface area contributed by atoms with Gasteiger partial charge in [-0.2, -0.15) is 0 Å². The Morgan fingerprint density at radius 2 is 1.90 bits per heavy atom. The summed E-state index contributed by atoms with van der Waals surface area (Å²) in [5.74, 6) is 0. The molecule has 0 spiro atoms. The number of benzene rings is 1. The maximum atomic E-state index is 10.4. The predicted molar refractivity (Wildman–Crippen MR) is 111 cm³/mol. The number of nitrogens with two attached hydrogens (primary N) is 1. The van der Waals surface area contributed by atoms with Crippen LogP contribution in [0.4, 0.5) is 0 Å². The second-order valence-corrected chi connectivity index (χ2v) is 8.59. The van der Waals surface area contributed by atoms with Crippen molar-refractivity contribution in [2.45, 2.75) is 72.3 Å². The molecule has 0 bridgehead atoms. The van der Waals surface area contributed by atoms with Gasteiger partial charge in [-0.05, 0) is 24.6 Å². The van der Waals surface area contributed by atoms with Crippen molar-refractivity contribution in [1.29, 1.82) is 0 Å². The lowest BCUT2D eigenvalue weighted by molar-refractivity contribution is -0.296. The topological polar surface area (TPSA) is 172 Å². The van der Waals surface area contributed by atoms with Gasteiger partial charge in [-0.25, -0.2) is 0 Å². The first-order valence-corrected chi connectivity index (χ1v) is 10.8. The van der Waals surface area contributed by atoms with E-state index >= 15 is 0 Å². The Bertz CT molecular complexity index is 756. The van der Waals surface area contributed by atoms with Crippen molar-refractivity contribution >= 4 is 11.8 Å². The van der Waals surface area contributed by atoms with Crippen molar-refractivity contribution in [2.75, 3.05) is 13.7 Å². The van der Waals surface area contributed by atoms with Gasteiger partial charge in [0, 0.05) is 16.9 Å². The van der Waals surface area contributed by atoms with Gasteiger partial charge in [-0.1, -0.05) is 35.1 Å². The number of methoxy groups -OCH3 is 1. The highest BCUT2D eigenvalue weighted by Crippen LogP contribution is 2.37. The van der Waals surface area contributed by atoms with Crippen LogP contribution in [0.15, 0.2) is 40.3 Å². The molecule has 2 heterocycles. The first-order chi connectivity index (χ1) is 14.9. The van der Waals surface area contributed by atoms with Gasteiger partial charge in [0.25, 0.3) is 0 Å². The van der Waals surface area contributed by atoms with Crippen LogP contribution in [0.1, 0.15) is 6.92 Å². The number of hydrogen-bond donors (Lipinski definition) is 4. The quantitative estimate of drug-likeness (QED) is 0.257. The maximum Gasteiger partial charge on any atom is 0.169 e. The van der Waals surface area contributed by atoms with Crippen LogP contribution in [0.25, 0.3) is 10.4 Å². The number of hydrogen-bond acceptors (Lipinski definition) is 10. The SMILES string of the molecule is COC1C(C)OC(Sc2ccccc2)C(OC2OC(CO)C(O)C(O)C2N=[N+]=[N-])C1N. The zero-order valence-electron chi connectivity index (χ0n) is 17.2. The molecule has 12 heteroatoms. The van der Waals surface area contributed by atoms with Crippen molar-refractivity contribution in [3.63, 3.8) is 0 Å². The molecule has 31 heavy (non-hydrogen) atoms. The van der Waals surface area contributed by atoms with E-state index in [9.17, 15) is 15.3 Å². The van der Waals surface area contributed by atoms with Gasteiger partial charge in [-0.3, -0.25) is 0 Å². The summed E-state index contributed by atoms with van der Waals surface area (Å²) in [7, 11) is 1.52. The third-order valence-corrected chi connectivity index (χ3v) is 6.59. The highest BCUT2D eigenvalue weighted by molar-refractivity contribution is 7.99. The van der Waals surface area contributed by atoms with Crippen LogP contribution in [0.5, 0.6) is 0 Å². The van der Waals surface area contributed by atoms with Gasteiger partial charge in [-0.15, -0.1) is 0 Å². The van der Waals surface area contributed by atoms with Gasteiger partial charge < -0.3 is 40.0 Å². The lowest BCUT2D eigenvalue weighted by atomic mass is 9.96. The molecule has 10 unspecified atom stereocenters. The Morgan fingerprint density at radius 1 is 1.19 bits per heavy atom. The summed E-state index contributed by atoms with van der Waals surface area (Å²) in [6, 6.07) is 7.65. The minimum atomic E-state index is -1.50. The van der Waals surface area contributed by atoms with E-state index in [2.05, 4.69) is 10.0 Å². The van der Waals surface area contributed by atoms with Gasteiger partial charge in [0.2, 0.25) is 0 Å². The Morgan fingerprint density at radius 3 is 2.52 bits per heavy atom. The third-order valence-electron chi connectivity index (χ3n) is 5.43. The van der Waals surface area contributed by atoms with Gasteiger partial charge >= 0.3 is 0 Å². The summed E-state index contributed by atoms with van der Waals surface area (Å²) in [6.45, 7) is 1.29. The fraction of sp³-hybridized carbons (Fsp3) is 0.684. The predicted octanol–water partition coefficient (Wildman–Crippen LogP) is 0.369. The molecule has 2 saturated heterocycles. The molecule has 1 aromatic carbocycles. The normalized spacial score (nSPS) is 40.8. The molecule has 5 N–H and O–H groups in total. The second-order valence-electron chi connectivity index (χ2n) is 7.42. The molecule has 0 saturated carbocycles. The standard InChI is InChI=1S/C19H28N4O7S/c1-9-16(27-2)12(20)17(19(28-9)31-10-6-4-3-5-7-10)30-18-13(22-23-21)15(26)14(25)11(8-24)29-18/h3-7,9,11-19,24-26H,8,20H2,1-2H3. The number of rotatable bonds is 7. The fourth-order valence-electron chi connectivity index (χ4n) is 3.80. The lowest BCUT2D eigenvalue weighted by Crippen LogP contribution is -2.65. The molecule has 2 fully saturated rings. The summed E-state index contributed by atoms with van der Waals surface area (Å²) >= 11 is 1.40. The van der Waals surface area contributed by atoms with Crippen LogP contribution < -0.4 is 5.73 Å². The minimum absolute atomic E-state index is 0.320.